The number of aryl methyl sites for hydroxylation is 1. The Morgan fingerprint density at radius 3 is 2.86 bits per heavy atom. The van der Waals surface area contributed by atoms with Gasteiger partial charge in [-0.15, -0.1) is 0 Å². The Balaban J connectivity index is 2.43. The Hall–Kier alpha value is -0.930. The van der Waals surface area contributed by atoms with Gasteiger partial charge in [0.05, 0.1) is 5.69 Å². The lowest BCUT2D eigenvalue weighted by atomic mass is 10.3. The molecule has 1 aromatic heterocycles. The average Bonchev–Trinajstić information content (AvgIpc) is 2.15. The molecule has 78 valence electrons. The fourth-order valence-electron chi connectivity index (χ4n) is 1.40. The molecule has 0 aliphatic rings. The van der Waals surface area contributed by atoms with E-state index in [0.29, 0.717) is 0 Å². The highest BCUT2D eigenvalue weighted by molar-refractivity contribution is 5.09. The summed E-state index contributed by atoms with van der Waals surface area (Å²) < 4.78 is 0. The van der Waals surface area contributed by atoms with Crippen LogP contribution in [0, 0.1) is 6.92 Å². The quantitative estimate of drug-likeness (QED) is 0.763. The summed E-state index contributed by atoms with van der Waals surface area (Å²) in [7, 11) is 2.10. The average molecular weight is 193 g/mol. The number of pyridine rings is 1. The molecule has 0 aliphatic heterocycles. The van der Waals surface area contributed by atoms with Crippen molar-refractivity contribution in [1.82, 2.24) is 9.88 Å². The van der Waals surface area contributed by atoms with Gasteiger partial charge in [0, 0.05) is 12.2 Å². The molecular weight excluding hydrogens is 174 g/mol. The molecular formula is C11H19N3. The van der Waals surface area contributed by atoms with Crippen molar-refractivity contribution in [3.63, 3.8) is 0 Å². The van der Waals surface area contributed by atoms with Crippen LogP contribution in [-0.2, 0) is 6.54 Å². The number of nitrogens with two attached hydrogens (primary N) is 1. The molecule has 1 rings (SSSR count). The minimum Gasteiger partial charge on any atom is -0.330 e. The maximum atomic E-state index is 5.45. The van der Waals surface area contributed by atoms with Crippen LogP contribution in [-0.4, -0.2) is 30.0 Å². The predicted octanol–water partition coefficient (Wildman–Crippen LogP) is 1.17. The zero-order valence-corrected chi connectivity index (χ0v) is 9.03. The first-order valence-electron chi connectivity index (χ1n) is 5.03. The third-order valence-corrected chi connectivity index (χ3v) is 2.12. The Morgan fingerprint density at radius 1 is 1.43 bits per heavy atom. The summed E-state index contributed by atoms with van der Waals surface area (Å²) >= 11 is 0. The SMILES string of the molecule is Cc1cccc(CN(C)CCCN)n1. The maximum absolute atomic E-state index is 5.45. The number of aromatic nitrogens is 1. The van der Waals surface area contributed by atoms with Gasteiger partial charge in [0.2, 0.25) is 0 Å². The van der Waals surface area contributed by atoms with Crippen LogP contribution < -0.4 is 5.73 Å². The summed E-state index contributed by atoms with van der Waals surface area (Å²) in [5.41, 5.74) is 7.66. The second-order valence-corrected chi connectivity index (χ2v) is 3.65. The molecule has 0 fully saturated rings. The molecule has 0 aromatic carbocycles. The highest BCUT2D eigenvalue weighted by Crippen LogP contribution is 2.01. The molecule has 0 atom stereocenters. The summed E-state index contributed by atoms with van der Waals surface area (Å²) in [6.45, 7) is 4.71. The van der Waals surface area contributed by atoms with Gasteiger partial charge < -0.3 is 10.6 Å². The maximum Gasteiger partial charge on any atom is 0.0547 e. The highest BCUT2D eigenvalue weighted by Gasteiger charge is 2.00. The van der Waals surface area contributed by atoms with Gasteiger partial charge in [0.15, 0.2) is 0 Å². The van der Waals surface area contributed by atoms with Gasteiger partial charge in [-0.2, -0.15) is 0 Å². The Labute approximate surface area is 85.9 Å². The first-order chi connectivity index (χ1) is 6.72. The van der Waals surface area contributed by atoms with E-state index in [-0.39, 0.29) is 0 Å². The van der Waals surface area contributed by atoms with Gasteiger partial charge in [-0.05, 0) is 45.6 Å². The topological polar surface area (TPSA) is 42.1 Å². The fourth-order valence-corrected chi connectivity index (χ4v) is 1.40. The van der Waals surface area contributed by atoms with Gasteiger partial charge in [0.1, 0.15) is 0 Å². The largest absolute Gasteiger partial charge is 0.330 e. The molecule has 1 aromatic rings. The van der Waals surface area contributed by atoms with E-state index in [0.717, 1.165) is 37.4 Å². The summed E-state index contributed by atoms with van der Waals surface area (Å²) in [5.74, 6) is 0. The predicted molar refractivity (Wildman–Crippen MR) is 59.0 cm³/mol. The minimum absolute atomic E-state index is 0.756. The van der Waals surface area contributed by atoms with Gasteiger partial charge in [-0.1, -0.05) is 6.07 Å². The first-order valence-corrected chi connectivity index (χ1v) is 5.03. The number of hydrogen-bond donors (Lipinski definition) is 1. The monoisotopic (exact) mass is 193 g/mol. The molecule has 0 saturated carbocycles. The zero-order chi connectivity index (χ0) is 10.4. The van der Waals surface area contributed by atoms with Crippen LogP contribution >= 0.6 is 0 Å². The third-order valence-electron chi connectivity index (χ3n) is 2.12. The van der Waals surface area contributed by atoms with Crippen LogP contribution in [0.1, 0.15) is 17.8 Å². The third kappa shape index (κ3) is 3.85. The summed E-state index contributed by atoms with van der Waals surface area (Å²) in [6, 6.07) is 6.13. The molecule has 1 heterocycles. The fraction of sp³-hybridized carbons (Fsp3) is 0.545. The summed E-state index contributed by atoms with van der Waals surface area (Å²) in [6.07, 6.45) is 1.04. The van der Waals surface area contributed by atoms with E-state index in [1.165, 1.54) is 0 Å². The highest BCUT2D eigenvalue weighted by atomic mass is 15.1. The molecule has 0 aliphatic carbocycles. The van der Waals surface area contributed by atoms with Gasteiger partial charge in [-0.3, -0.25) is 4.98 Å². The molecule has 0 radical (unpaired) electrons. The normalized spacial score (nSPS) is 10.9. The molecule has 2 N–H and O–H groups in total. The van der Waals surface area contributed by atoms with Gasteiger partial charge in [-0.25, -0.2) is 0 Å². The van der Waals surface area contributed by atoms with Crippen molar-refractivity contribution in [3.8, 4) is 0 Å². The lowest BCUT2D eigenvalue weighted by molar-refractivity contribution is 0.320. The van der Waals surface area contributed by atoms with E-state index in [1.807, 2.05) is 13.0 Å². The van der Waals surface area contributed by atoms with Crippen LogP contribution in [0.2, 0.25) is 0 Å². The van der Waals surface area contributed by atoms with Crippen molar-refractivity contribution in [2.75, 3.05) is 20.1 Å². The lowest BCUT2D eigenvalue weighted by Gasteiger charge is -2.15. The van der Waals surface area contributed by atoms with Crippen molar-refractivity contribution in [1.29, 1.82) is 0 Å². The molecule has 14 heavy (non-hydrogen) atoms. The second-order valence-electron chi connectivity index (χ2n) is 3.65. The molecule has 3 nitrogen and oxygen atoms in total. The smallest absolute Gasteiger partial charge is 0.0547 e. The number of hydrogen-bond acceptors (Lipinski definition) is 3. The lowest BCUT2D eigenvalue weighted by Crippen LogP contribution is -2.21. The van der Waals surface area contributed by atoms with E-state index in [4.69, 9.17) is 5.73 Å². The summed E-state index contributed by atoms with van der Waals surface area (Å²) in [4.78, 5) is 6.69. The van der Waals surface area contributed by atoms with E-state index < -0.39 is 0 Å². The number of rotatable bonds is 5. The van der Waals surface area contributed by atoms with Crippen LogP contribution in [0.15, 0.2) is 18.2 Å². The Bertz CT molecular complexity index is 273. The standard InChI is InChI=1S/C11H19N3/c1-10-5-3-6-11(13-10)9-14(2)8-4-7-12/h3,5-6H,4,7-9,12H2,1-2H3. The van der Waals surface area contributed by atoms with E-state index >= 15 is 0 Å². The zero-order valence-electron chi connectivity index (χ0n) is 9.03. The van der Waals surface area contributed by atoms with Gasteiger partial charge in [0.25, 0.3) is 0 Å². The minimum atomic E-state index is 0.756. The van der Waals surface area contributed by atoms with Crippen LogP contribution in [0.5, 0.6) is 0 Å². The van der Waals surface area contributed by atoms with Crippen LogP contribution in [0.25, 0.3) is 0 Å². The number of nitrogens with zero attached hydrogens (tertiary/aromatic N) is 2. The molecule has 3 heteroatoms. The van der Waals surface area contributed by atoms with Crippen molar-refractivity contribution in [3.05, 3.63) is 29.6 Å². The Morgan fingerprint density at radius 2 is 2.21 bits per heavy atom. The summed E-state index contributed by atoms with van der Waals surface area (Å²) in [5, 5.41) is 0. The molecule has 0 bridgehead atoms. The first kappa shape index (κ1) is 11.1. The molecule has 0 unspecified atom stereocenters. The Kier molecular flexibility index (Phi) is 4.56. The van der Waals surface area contributed by atoms with Gasteiger partial charge >= 0.3 is 0 Å². The van der Waals surface area contributed by atoms with Crippen molar-refractivity contribution in [2.24, 2.45) is 5.73 Å². The van der Waals surface area contributed by atoms with E-state index in [2.05, 4.69) is 29.1 Å². The van der Waals surface area contributed by atoms with Crippen molar-refractivity contribution < 1.29 is 0 Å². The second kappa shape index (κ2) is 5.73. The molecule has 0 amide bonds. The molecule has 0 saturated heterocycles. The van der Waals surface area contributed by atoms with Crippen molar-refractivity contribution in [2.45, 2.75) is 19.9 Å². The van der Waals surface area contributed by atoms with E-state index in [1.54, 1.807) is 0 Å². The van der Waals surface area contributed by atoms with E-state index in [9.17, 15) is 0 Å². The van der Waals surface area contributed by atoms with Crippen LogP contribution in [0.4, 0.5) is 0 Å². The van der Waals surface area contributed by atoms with Crippen LogP contribution in [0.3, 0.4) is 0 Å². The van der Waals surface area contributed by atoms with Crippen molar-refractivity contribution >= 4 is 0 Å². The molecule has 0 spiro atoms.